The molecule has 0 unspecified atom stereocenters. The molecule has 2 N–H and O–H groups in total. The summed E-state index contributed by atoms with van der Waals surface area (Å²) in [7, 11) is 0. The Balaban J connectivity index is 1.39. The number of hydrogen-bond acceptors (Lipinski definition) is 9. The number of piperazine rings is 1. The number of ether oxygens (including phenoxy) is 1. The van der Waals surface area contributed by atoms with Crippen LogP contribution in [0.5, 0.6) is 0 Å². The molecule has 1 aromatic heterocycles. The van der Waals surface area contributed by atoms with Crippen LogP contribution < -0.4 is 5.32 Å². The number of thiazole rings is 1. The van der Waals surface area contributed by atoms with E-state index >= 15 is 0 Å². The maximum atomic E-state index is 14.6. The molecule has 0 radical (unpaired) electrons. The number of carbonyl (C=O) groups is 3. The Morgan fingerprint density at radius 3 is 2.79 bits per heavy atom. The number of hydrogen-bond donors (Lipinski definition) is 2. The molecule has 0 spiro atoms. The zero-order valence-corrected chi connectivity index (χ0v) is 24.4. The van der Waals surface area contributed by atoms with Crippen LogP contribution in [-0.4, -0.2) is 100 Å². The summed E-state index contributed by atoms with van der Waals surface area (Å²) in [6.07, 6.45) is 3.78. The van der Waals surface area contributed by atoms with Crippen LogP contribution >= 0.6 is 22.9 Å². The van der Waals surface area contributed by atoms with Crippen LogP contribution in [-0.2, 0) is 14.3 Å². The average Bonchev–Trinajstić information content (AvgIpc) is 3.49. The lowest BCUT2D eigenvalue weighted by Crippen LogP contribution is -2.62. The van der Waals surface area contributed by atoms with Gasteiger partial charge in [-0.2, -0.15) is 0 Å². The van der Waals surface area contributed by atoms with Gasteiger partial charge in [-0.15, -0.1) is 11.3 Å². The molecule has 2 aromatic rings. The Morgan fingerprint density at radius 1 is 1.29 bits per heavy atom. The molecule has 3 atom stereocenters. The minimum absolute atomic E-state index is 0.0140. The third-order valence-electron chi connectivity index (χ3n) is 8.03. The zero-order valence-electron chi connectivity index (χ0n) is 22.8. The van der Waals surface area contributed by atoms with Crippen molar-refractivity contribution in [2.75, 3.05) is 39.3 Å². The van der Waals surface area contributed by atoms with Gasteiger partial charge in [0.1, 0.15) is 17.9 Å². The molecule has 2 saturated heterocycles. The molecular formula is C28H30ClFN6O5S. The van der Waals surface area contributed by atoms with Crippen LogP contribution in [0, 0.1) is 11.7 Å². The topological polar surface area (TPSA) is 128 Å². The molecule has 14 heteroatoms. The van der Waals surface area contributed by atoms with E-state index in [-0.39, 0.29) is 41.9 Å². The number of carboxylic acid groups (broad SMARTS) is 1. The first-order valence-corrected chi connectivity index (χ1v) is 15.1. The number of rotatable bonds is 9. The molecule has 11 nitrogen and oxygen atoms in total. The highest BCUT2D eigenvalue weighted by Gasteiger charge is 2.50. The maximum Gasteiger partial charge on any atom is 0.338 e. The maximum absolute atomic E-state index is 14.6. The van der Waals surface area contributed by atoms with E-state index in [0.717, 1.165) is 12.8 Å². The number of aromatic nitrogens is 1. The van der Waals surface area contributed by atoms with Gasteiger partial charge in [-0.3, -0.25) is 14.7 Å². The Bertz CT molecular complexity index is 1460. The number of fused-ring (bicyclic) bond motifs is 1. The molecule has 42 heavy (non-hydrogen) atoms. The molecule has 222 valence electrons. The van der Waals surface area contributed by atoms with Crippen molar-refractivity contribution in [3.05, 3.63) is 62.5 Å². The van der Waals surface area contributed by atoms with Gasteiger partial charge in [0, 0.05) is 55.6 Å². The molecule has 4 aliphatic rings. The number of esters is 1. The Kier molecular flexibility index (Phi) is 7.90. The van der Waals surface area contributed by atoms with Crippen molar-refractivity contribution in [3.63, 3.8) is 0 Å². The van der Waals surface area contributed by atoms with Gasteiger partial charge in [0.15, 0.2) is 10.8 Å². The number of aliphatic imine (C=N–C) groups is 1. The second kappa shape index (κ2) is 11.6. The van der Waals surface area contributed by atoms with Crippen LogP contribution in [0.25, 0.3) is 0 Å². The number of nitrogens with zero attached hydrogens (tertiary/aromatic N) is 5. The van der Waals surface area contributed by atoms with E-state index < -0.39 is 35.9 Å². The monoisotopic (exact) mass is 616 g/mol. The molecule has 2 amide bonds. The first kappa shape index (κ1) is 28.6. The SMILES string of the molecule is CCOC(=O)C1=C(CN2CCN3C(=O)N(CC4CC4)C[C@@H]3[C@H]2C(=O)O)NC(c2nccs2)=N[C@H]1c1cccc(F)c1Cl. The number of amides is 2. The van der Waals surface area contributed by atoms with E-state index in [1.165, 1.54) is 23.5 Å². The van der Waals surface area contributed by atoms with Gasteiger partial charge in [0.05, 0.1) is 23.2 Å². The largest absolute Gasteiger partial charge is 0.480 e. The summed E-state index contributed by atoms with van der Waals surface area (Å²) >= 11 is 7.72. The van der Waals surface area contributed by atoms with Crippen molar-refractivity contribution in [2.45, 2.75) is 37.9 Å². The van der Waals surface area contributed by atoms with Crippen LogP contribution in [0.1, 0.15) is 36.4 Å². The van der Waals surface area contributed by atoms with Gasteiger partial charge in [-0.05, 0) is 31.7 Å². The first-order valence-electron chi connectivity index (χ1n) is 13.9. The lowest BCUT2D eigenvalue weighted by molar-refractivity contribution is -0.147. The molecule has 4 heterocycles. The summed E-state index contributed by atoms with van der Waals surface area (Å²) in [4.78, 5) is 53.6. The Hall–Kier alpha value is -3.55. The van der Waals surface area contributed by atoms with Crippen LogP contribution in [0.3, 0.4) is 0 Å². The molecule has 1 aliphatic carbocycles. The first-order chi connectivity index (χ1) is 20.3. The van der Waals surface area contributed by atoms with E-state index in [0.29, 0.717) is 42.1 Å². The number of carboxylic acids is 1. The van der Waals surface area contributed by atoms with E-state index in [2.05, 4.69) is 10.3 Å². The second-order valence-electron chi connectivity index (χ2n) is 10.7. The highest BCUT2D eigenvalue weighted by molar-refractivity contribution is 7.11. The molecule has 1 saturated carbocycles. The second-order valence-corrected chi connectivity index (χ2v) is 12.0. The number of carbonyl (C=O) groups excluding carboxylic acids is 2. The van der Waals surface area contributed by atoms with E-state index in [4.69, 9.17) is 21.3 Å². The van der Waals surface area contributed by atoms with Crippen molar-refractivity contribution in [2.24, 2.45) is 10.9 Å². The summed E-state index contributed by atoms with van der Waals surface area (Å²) in [5, 5.41) is 15.7. The number of benzene rings is 1. The van der Waals surface area contributed by atoms with Crippen molar-refractivity contribution >= 4 is 46.7 Å². The third kappa shape index (κ3) is 5.36. The zero-order chi connectivity index (χ0) is 29.5. The predicted octanol–water partition coefficient (Wildman–Crippen LogP) is 3.13. The lowest BCUT2D eigenvalue weighted by atomic mass is 9.94. The fraction of sp³-hybridized carbons (Fsp3) is 0.464. The number of amidine groups is 1. The Morgan fingerprint density at radius 2 is 2.10 bits per heavy atom. The fourth-order valence-electron chi connectivity index (χ4n) is 5.92. The molecule has 6 rings (SSSR count). The number of urea groups is 1. The summed E-state index contributed by atoms with van der Waals surface area (Å²) < 4.78 is 20.0. The normalized spacial score (nSPS) is 24.4. The van der Waals surface area contributed by atoms with Crippen LogP contribution in [0.4, 0.5) is 9.18 Å². The average molecular weight is 617 g/mol. The predicted molar refractivity (Wildman–Crippen MR) is 153 cm³/mol. The van der Waals surface area contributed by atoms with Gasteiger partial charge < -0.3 is 25.0 Å². The van der Waals surface area contributed by atoms with Crippen molar-refractivity contribution in [1.29, 1.82) is 0 Å². The minimum Gasteiger partial charge on any atom is -0.480 e. The highest BCUT2D eigenvalue weighted by atomic mass is 35.5. The lowest BCUT2D eigenvalue weighted by Gasteiger charge is -2.42. The van der Waals surface area contributed by atoms with Gasteiger partial charge >= 0.3 is 18.0 Å². The summed E-state index contributed by atoms with van der Waals surface area (Å²) in [5.41, 5.74) is 0.733. The molecule has 0 bridgehead atoms. The van der Waals surface area contributed by atoms with Gasteiger partial charge in [-0.1, -0.05) is 23.7 Å². The third-order valence-corrected chi connectivity index (χ3v) is 9.21. The fourth-order valence-corrected chi connectivity index (χ4v) is 6.73. The molecule has 3 fully saturated rings. The van der Waals surface area contributed by atoms with Crippen molar-refractivity contribution in [1.82, 2.24) is 25.0 Å². The number of aliphatic carboxylic acids is 1. The van der Waals surface area contributed by atoms with Gasteiger partial charge in [0.25, 0.3) is 0 Å². The molecule has 1 aromatic carbocycles. The van der Waals surface area contributed by atoms with E-state index in [1.807, 2.05) is 0 Å². The van der Waals surface area contributed by atoms with Crippen molar-refractivity contribution in [3.8, 4) is 0 Å². The highest BCUT2D eigenvalue weighted by Crippen LogP contribution is 2.38. The number of halogens is 2. The smallest absolute Gasteiger partial charge is 0.338 e. The standard InChI is InChI=1S/C28H30ClFN6O5S/c1-2-41-27(39)20-18(32-24(25-31-8-11-42-25)33-22(20)16-4-3-5-17(30)21(16)29)13-34-9-10-36-19(23(34)26(37)38)14-35(28(36)40)12-15-6-7-15/h3-5,8,11,15,19,22-23H,2,6-7,9-10,12-14H2,1H3,(H,32,33)(H,37,38)/t19-,22+,23+/m1/s1. The molecular weight excluding hydrogens is 587 g/mol. The van der Waals surface area contributed by atoms with Crippen LogP contribution in [0.15, 0.2) is 46.0 Å². The van der Waals surface area contributed by atoms with E-state index in [9.17, 15) is 23.9 Å². The minimum atomic E-state index is -1.06. The van der Waals surface area contributed by atoms with Gasteiger partial charge in [0.2, 0.25) is 0 Å². The quantitative estimate of drug-likeness (QED) is 0.412. The summed E-state index contributed by atoms with van der Waals surface area (Å²) in [5.74, 6) is -1.57. The number of nitrogens with one attached hydrogen (secondary N) is 1. The summed E-state index contributed by atoms with van der Waals surface area (Å²) in [6, 6.07) is 1.59. The van der Waals surface area contributed by atoms with Crippen molar-refractivity contribution < 1.29 is 28.6 Å². The van der Waals surface area contributed by atoms with Crippen LogP contribution in [0.2, 0.25) is 5.02 Å². The Labute approximate surface area is 250 Å². The molecule has 3 aliphatic heterocycles. The van der Waals surface area contributed by atoms with E-state index in [1.54, 1.807) is 39.3 Å². The summed E-state index contributed by atoms with van der Waals surface area (Å²) in [6.45, 7) is 3.36. The van der Waals surface area contributed by atoms with Gasteiger partial charge in [-0.25, -0.2) is 19.0 Å².